The average molecular weight is 195 g/mol. The van der Waals surface area contributed by atoms with Gasteiger partial charge in [-0.25, -0.2) is 4.79 Å². The molecule has 0 aromatic heterocycles. The third kappa shape index (κ3) is 2.83. The number of para-hydroxylation sites is 1. The summed E-state index contributed by atoms with van der Waals surface area (Å²) in [6.45, 7) is 0. The number of carbonyl (C=O) groups is 1. The highest BCUT2D eigenvalue weighted by Crippen LogP contribution is 2.05. The van der Waals surface area contributed by atoms with Gasteiger partial charge in [0.2, 0.25) is 0 Å². The molecule has 0 aliphatic rings. The van der Waals surface area contributed by atoms with Crippen LogP contribution < -0.4 is 5.32 Å². The van der Waals surface area contributed by atoms with Crippen LogP contribution in [0.3, 0.4) is 0 Å². The molecule has 0 atom stereocenters. The van der Waals surface area contributed by atoms with E-state index in [2.05, 4.69) is 10.1 Å². The van der Waals surface area contributed by atoms with Crippen molar-refractivity contribution in [1.29, 1.82) is 0 Å². The van der Waals surface area contributed by atoms with Crippen LogP contribution in [-0.4, -0.2) is 18.1 Å². The van der Waals surface area contributed by atoms with Crippen molar-refractivity contribution in [3.63, 3.8) is 0 Å². The maximum absolute atomic E-state index is 10.9. The zero-order chi connectivity index (χ0) is 9.68. The summed E-state index contributed by atoms with van der Waals surface area (Å²) < 4.78 is 4.44. The Bertz CT molecular complexity index is 311. The molecule has 0 fully saturated rings. The number of carbonyl (C=O) groups excluding carboxylic acids is 1. The van der Waals surface area contributed by atoms with Crippen molar-refractivity contribution in [2.75, 3.05) is 12.4 Å². The van der Waals surface area contributed by atoms with Crippen LogP contribution in [-0.2, 0) is 9.53 Å². The molecule has 0 bridgehead atoms. The summed E-state index contributed by atoms with van der Waals surface area (Å²) in [5, 5.41) is 2.75. The van der Waals surface area contributed by atoms with Crippen LogP contribution in [0.5, 0.6) is 0 Å². The first kappa shape index (κ1) is 9.67. The summed E-state index contributed by atoms with van der Waals surface area (Å²) in [5.74, 6) is -0.529. The van der Waals surface area contributed by atoms with Crippen molar-refractivity contribution in [2.45, 2.75) is 0 Å². The lowest BCUT2D eigenvalue weighted by molar-refractivity contribution is -0.132. The highest BCUT2D eigenvalue weighted by Gasteiger charge is 2.07. The molecular formula is C9H9NO2S. The first-order valence-electron chi connectivity index (χ1n) is 3.68. The Balaban J connectivity index is 2.60. The van der Waals surface area contributed by atoms with E-state index in [1.54, 1.807) is 0 Å². The lowest BCUT2D eigenvalue weighted by Gasteiger charge is -2.04. The number of nitrogens with one attached hydrogen (secondary N) is 1. The molecule has 0 aliphatic carbocycles. The van der Waals surface area contributed by atoms with Crippen molar-refractivity contribution in [3.8, 4) is 0 Å². The molecule has 3 nitrogen and oxygen atoms in total. The second kappa shape index (κ2) is 4.57. The minimum Gasteiger partial charge on any atom is -0.464 e. The molecule has 1 rings (SSSR count). The van der Waals surface area contributed by atoms with Gasteiger partial charge in [-0.3, -0.25) is 0 Å². The Labute approximate surface area is 81.7 Å². The van der Waals surface area contributed by atoms with Crippen LogP contribution in [0.25, 0.3) is 0 Å². The van der Waals surface area contributed by atoms with Gasteiger partial charge in [0, 0.05) is 5.69 Å². The molecule has 1 N–H and O–H groups in total. The maximum Gasteiger partial charge on any atom is 0.365 e. The molecule has 1 aromatic rings. The van der Waals surface area contributed by atoms with Gasteiger partial charge >= 0.3 is 5.97 Å². The third-order valence-corrected chi connectivity index (χ3v) is 1.67. The van der Waals surface area contributed by atoms with Crippen LogP contribution in [0, 0.1) is 0 Å². The first-order valence-corrected chi connectivity index (χ1v) is 4.09. The number of hydrogen-bond donors (Lipinski definition) is 1. The van der Waals surface area contributed by atoms with Crippen LogP contribution in [0.1, 0.15) is 0 Å². The Hall–Kier alpha value is -1.42. The highest BCUT2D eigenvalue weighted by molar-refractivity contribution is 7.82. The van der Waals surface area contributed by atoms with Gasteiger partial charge in [0.25, 0.3) is 0 Å². The predicted molar refractivity (Wildman–Crippen MR) is 54.7 cm³/mol. The zero-order valence-electron chi connectivity index (χ0n) is 7.11. The van der Waals surface area contributed by atoms with Gasteiger partial charge in [-0.1, -0.05) is 30.4 Å². The van der Waals surface area contributed by atoms with Crippen LogP contribution in [0.4, 0.5) is 5.69 Å². The summed E-state index contributed by atoms with van der Waals surface area (Å²) in [7, 11) is 1.29. The fourth-order valence-corrected chi connectivity index (χ4v) is 0.997. The molecular weight excluding hydrogens is 186 g/mol. The van der Waals surface area contributed by atoms with Gasteiger partial charge in [0.05, 0.1) is 7.11 Å². The molecule has 0 spiro atoms. The third-order valence-electron chi connectivity index (χ3n) is 1.40. The number of anilines is 1. The Kier molecular flexibility index (Phi) is 3.40. The fourth-order valence-electron chi connectivity index (χ4n) is 0.796. The second-order valence-electron chi connectivity index (χ2n) is 2.31. The zero-order valence-corrected chi connectivity index (χ0v) is 7.93. The molecule has 0 heterocycles. The molecule has 13 heavy (non-hydrogen) atoms. The lowest BCUT2D eigenvalue weighted by atomic mass is 10.3. The number of ether oxygens (including phenoxy) is 1. The predicted octanol–water partition coefficient (Wildman–Crippen LogP) is 1.60. The molecule has 1 aromatic carbocycles. The fraction of sp³-hybridized carbons (Fsp3) is 0.111. The summed E-state index contributed by atoms with van der Waals surface area (Å²) in [6, 6.07) is 9.21. The van der Waals surface area contributed by atoms with Crippen molar-refractivity contribution in [3.05, 3.63) is 30.3 Å². The van der Waals surface area contributed by atoms with Gasteiger partial charge in [0.15, 0.2) is 4.99 Å². The smallest absolute Gasteiger partial charge is 0.365 e. The molecule has 0 aliphatic heterocycles. The second-order valence-corrected chi connectivity index (χ2v) is 2.72. The van der Waals surface area contributed by atoms with E-state index in [0.717, 1.165) is 5.69 Å². The summed E-state index contributed by atoms with van der Waals surface area (Å²) >= 11 is 4.77. The quantitative estimate of drug-likeness (QED) is 0.545. The number of rotatable bonds is 1. The Morgan fingerprint density at radius 1 is 1.38 bits per heavy atom. The van der Waals surface area contributed by atoms with Gasteiger partial charge in [-0.15, -0.1) is 0 Å². The minimum absolute atomic E-state index is 0.0636. The average Bonchev–Trinajstić information content (AvgIpc) is 2.18. The Morgan fingerprint density at radius 2 is 2.00 bits per heavy atom. The molecule has 0 amide bonds. The summed E-state index contributed by atoms with van der Waals surface area (Å²) in [4.78, 5) is 11.0. The van der Waals surface area contributed by atoms with E-state index in [1.165, 1.54) is 7.11 Å². The molecule has 4 heteroatoms. The van der Waals surface area contributed by atoms with E-state index in [0.29, 0.717) is 0 Å². The van der Waals surface area contributed by atoms with E-state index in [4.69, 9.17) is 12.2 Å². The van der Waals surface area contributed by atoms with Gasteiger partial charge in [-0.05, 0) is 12.1 Å². The van der Waals surface area contributed by atoms with E-state index >= 15 is 0 Å². The standard InChI is InChI=1S/C9H9NO2S/c1-12-9(11)8(13)10-7-5-3-2-4-6-7/h2-6H,1H3,(H,10,13). The van der Waals surface area contributed by atoms with Crippen molar-refractivity contribution < 1.29 is 9.53 Å². The molecule has 0 saturated heterocycles. The summed E-state index contributed by atoms with van der Waals surface area (Å²) in [5.41, 5.74) is 0.776. The number of esters is 1. The lowest BCUT2D eigenvalue weighted by Crippen LogP contribution is -2.21. The van der Waals surface area contributed by atoms with Gasteiger partial charge in [0.1, 0.15) is 0 Å². The van der Waals surface area contributed by atoms with E-state index < -0.39 is 5.97 Å². The number of hydrogen-bond acceptors (Lipinski definition) is 3. The van der Waals surface area contributed by atoms with E-state index in [1.807, 2.05) is 30.3 Å². The minimum atomic E-state index is -0.529. The maximum atomic E-state index is 10.9. The Morgan fingerprint density at radius 3 is 2.54 bits per heavy atom. The number of benzene rings is 1. The number of thiocarbonyl (C=S) groups is 1. The summed E-state index contributed by atoms with van der Waals surface area (Å²) in [6.07, 6.45) is 0. The van der Waals surface area contributed by atoms with Crippen molar-refractivity contribution in [1.82, 2.24) is 0 Å². The number of methoxy groups -OCH3 is 1. The topological polar surface area (TPSA) is 38.3 Å². The van der Waals surface area contributed by atoms with Crippen molar-refractivity contribution >= 4 is 28.9 Å². The van der Waals surface area contributed by atoms with Gasteiger partial charge in [-0.2, -0.15) is 0 Å². The largest absolute Gasteiger partial charge is 0.464 e. The molecule has 0 unspecified atom stereocenters. The first-order chi connectivity index (χ1) is 6.24. The van der Waals surface area contributed by atoms with Crippen molar-refractivity contribution in [2.24, 2.45) is 0 Å². The SMILES string of the molecule is COC(=O)C(=S)Nc1ccccc1. The molecule has 0 saturated carbocycles. The van der Waals surface area contributed by atoms with Crippen LogP contribution >= 0.6 is 12.2 Å². The van der Waals surface area contributed by atoms with Crippen LogP contribution in [0.2, 0.25) is 0 Å². The monoisotopic (exact) mass is 195 g/mol. The van der Waals surface area contributed by atoms with Gasteiger partial charge < -0.3 is 10.1 Å². The van der Waals surface area contributed by atoms with E-state index in [9.17, 15) is 4.79 Å². The van der Waals surface area contributed by atoms with Crippen LogP contribution in [0.15, 0.2) is 30.3 Å². The highest BCUT2D eigenvalue weighted by atomic mass is 32.1. The molecule has 0 radical (unpaired) electrons. The van der Waals surface area contributed by atoms with E-state index in [-0.39, 0.29) is 4.99 Å². The normalized spacial score (nSPS) is 9.00. The molecule has 68 valence electrons.